The van der Waals surface area contributed by atoms with Crippen molar-refractivity contribution in [1.29, 1.82) is 0 Å². The maximum atomic E-state index is 13.2. The van der Waals surface area contributed by atoms with Gasteiger partial charge in [0.1, 0.15) is 24.0 Å². The number of amides is 1. The van der Waals surface area contributed by atoms with Gasteiger partial charge in [-0.3, -0.25) is 4.79 Å². The van der Waals surface area contributed by atoms with Crippen molar-refractivity contribution in [2.24, 2.45) is 0 Å². The molecule has 1 amide bonds. The van der Waals surface area contributed by atoms with Crippen molar-refractivity contribution in [2.75, 3.05) is 5.32 Å². The number of hydrogen-bond donors (Lipinski definition) is 1. The Morgan fingerprint density at radius 3 is 2.76 bits per heavy atom. The van der Waals surface area contributed by atoms with Crippen molar-refractivity contribution in [2.45, 2.75) is 32.2 Å². The number of tetrazole rings is 1. The summed E-state index contributed by atoms with van der Waals surface area (Å²) >= 11 is 1.61. The van der Waals surface area contributed by atoms with Gasteiger partial charge >= 0.3 is 0 Å². The summed E-state index contributed by atoms with van der Waals surface area (Å²) in [4.78, 5) is 18.4. The fraction of sp³-hybridized carbons (Fsp3) is 0.263. The van der Waals surface area contributed by atoms with Crippen molar-refractivity contribution < 1.29 is 4.79 Å². The lowest BCUT2D eigenvalue weighted by atomic mass is 9.95. The molecule has 0 radical (unpaired) electrons. The zero-order chi connectivity index (χ0) is 19.6. The van der Waals surface area contributed by atoms with Crippen LogP contribution in [-0.2, 0) is 19.4 Å². The third-order valence-electron chi connectivity index (χ3n) is 4.96. The molecule has 0 atom stereocenters. The number of carbonyl (C=O) groups is 1. The fourth-order valence-electron chi connectivity index (χ4n) is 3.59. The van der Waals surface area contributed by atoms with Crippen molar-refractivity contribution in [3.05, 3.63) is 64.8 Å². The molecular weight excluding hydrogens is 388 g/mol. The maximum absolute atomic E-state index is 13.2. The highest BCUT2D eigenvalue weighted by atomic mass is 32.1. The second-order valence-corrected chi connectivity index (χ2v) is 7.97. The molecule has 0 saturated heterocycles. The highest BCUT2D eigenvalue weighted by Gasteiger charge is 2.27. The first-order chi connectivity index (χ1) is 14.3. The minimum absolute atomic E-state index is 0.126. The molecule has 29 heavy (non-hydrogen) atoms. The largest absolute Gasteiger partial charge is 0.322 e. The normalized spacial score (nSPS) is 13.2. The zero-order valence-corrected chi connectivity index (χ0v) is 16.3. The number of nitrogens with zero attached hydrogens (tertiary/aromatic N) is 7. The summed E-state index contributed by atoms with van der Waals surface area (Å²) < 4.78 is 3.34. The number of aryl methyl sites for hydroxylation is 1. The highest BCUT2D eigenvalue weighted by molar-refractivity contribution is 7.15. The summed E-state index contributed by atoms with van der Waals surface area (Å²) in [5.74, 6) is -0.126. The molecule has 1 aliphatic carbocycles. The zero-order valence-electron chi connectivity index (χ0n) is 15.5. The third kappa shape index (κ3) is 3.54. The molecule has 1 aromatic carbocycles. The SMILES string of the molecule is O=C(Nc1ccc(Cn2cncn2)cc1)c1c(-n2cnnn2)sc2c1CCCC2. The van der Waals surface area contributed by atoms with Crippen LogP contribution in [0.4, 0.5) is 5.69 Å². The standard InChI is InChI=1S/C19H18N8OS/c28-18(23-14-7-5-13(6-8-14)9-26-11-20-10-22-26)17-15-3-1-2-4-16(15)29-19(17)27-12-21-24-25-27/h5-8,10-12H,1-4,9H2,(H,23,28). The van der Waals surface area contributed by atoms with Gasteiger partial charge in [0.2, 0.25) is 0 Å². The number of benzene rings is 1. The minimum Gasteiger partial charge on any atom is -0.322 e. The van der Waals surface area contributed by atoms with Crippen LogP contribution in [0, 0.1) is 0 Å². The number of anilines is 1. The predicted molar refractivity (Wildman–Crippen MR) is 107 cm³/mol. The van der Waals surface area contributed by atoms with Gasteiger partial charge in [0.15, 0.2) is 0 Å². The van der Waals surface area contributed by atoms with Gasteiger partial charge in [-0.15, -0.1) is 16.4 Å². The average molecular weight is 406 g/mol. The summed E-state index contributed by atoms with van der Waals surface area (Å²) in [6.07, 6.45) is 8.88. The van der Waals surface area contributed by atoms with Crippen LogP contribution in [0.3, 0.4) is 0 Å². The molecule has 0 unspecified atom stereocenters. The lowest BCUT2D eigenvalue weighted by Gasteiger charge is -2.13. The molecule has 9 nitrogen and oxygen atoms in total. The second kappa shape index (κ2) is 7.55. The molecule has 0 bridgehead atoms. The van der Waals surface area contributed by atoms with E-state index < -0.39 is 0 Å². The Labute approximate surface area is 170 Å². The lowest BCUT2D eigenvalue weighted by Crippen LogP contribution is -2.17. The molecule has 10 heteroatoms. The van der Waals surface area contributed by atoms with E-state index in [0.717, 1.165) is 47.5 Å². The van der Waals surface area contributed by atoms with Crippen molar-refractivity contribution >= 4 is 22.9 Å². The molecule has 1 aliphatic rings. The molecule has 1 N–H and O–H groups in total. The van der Waals surface area contributed by atoms with Gasteiger partial charge in [-0.25, -0.2) is 9.67 Å². The van der Waals surface area contributed by atoms with Crippen molar-refractivity contribution in [1.82, 2.24) is 35.0 Å². The molecule has 146 valence electrons. The van der Waals surface area contributed by atoms with Gasteiger partial charge in [0, 0.05) is 10.6 Å². The molecule has 0 fully saturated rings. The Bertz CT molecular complexity index is 1120. The summed E-state index contributed by atoms with van der Waals surface area (Å²) in [6.45, 7) is 0.635. The predicted octanol–water partition coefficient (Wildman–Crippen LogP) is 2.49. The number of rotatable bonds is 5. The second-order valence-electron chi connectivity index (χ2n) is 6.89. The van der Waals surface area contributed by atoms with E-state index in [-0.39, 0.29) is 5.91 Å². The first kappa shape index (κ1) is 17.7. The number of hydrogen-bond acceptors (Lipinski definition) is 7. The molecular formula is C19H18N8OS. The Morgan fingerprint density at radius 2 is 2.00 bits per heavy atom. The number of aromatic nitrogens is 7. The Morgan fingerprint density at radius 1 is 1.14 bits per heavy atom. The topological polar surface area (TPSA) is 103 Å². The van der Waals surface area contributed by atoms with Crippen LogP contribution in [-0.4, -0.2) is 40.9 Å². The van der Waals surface area contributed by atoms with Gasteiger partial charge < -0.3 is 5.32 Å². The molecule has 4 aromatic rings. The van der Waals surface area contributed by atoms with Crippen LogP contribution in [0.15, 0.2) is 43.2 Å². The number of nitrogens with one attached hydrogen (secondary N) is 1. The minimum atomic E-state index is -0.126. The molecule has 5 rings (SSSR count). The van der Waals surface area contributed by atoms with Crippen LogP contribution in [0.2, 0.25) is 0 Å². The number of thiophene rings is 1. The van der Waals surface area contributed by atoms with E-state index >= 15 is 0 Å². The van der Waals surface area contributed by atoms with Gasteiger partial charge in [-0.05, 0) is 59.4 Å². The fourth-order valence-corrected chi connectivity index (χ4v) is 4.89. The van der Waals surface area contributed by atoms with Crippen LogP contribution >= 0.6 is 11.3 Å². The monoisotopic (exact) mass is 406 g/mol. The third-order valence-corrected chi connectivity index (χ3v) is 6.24. The van der Waals surface area contributed by atoms with Gasteiger partial charge in [0.05, 0.1) is 12.1 Å². The van der Waals surface area contributed by atoms with Gasteiger partial charge in [-0.1, -0.05) is 12.1 Å². The summed E-state index contributed by atoms with van der Waals surface area (Å²) in [7, 11) is 0. The summed E-state index contributed by atoms with van der Waals surface area (Å²) in [5.41, 5.74) is 3.64. The average Bonchev–Trinajstić information content (AvgIpc) is 3.49. The quantitative estimate of drug-likeness (QED) is 0.546. The van der Waals surface area contributed by atoms with E-state index in [4.69, 9.17) is 0 Å². The molecule has 0 aliphatic heterocycles. The van der Waals surface area contributed by atoms with Gasteiger partial charge in [-0.2, -0.15) is 9.78 Å². The molecule has 3 heterocycles. The first-order valence-corrected chi connectivity index (χ1v) is 10.2. The van der Waals surface area contributed by atoms with E-state index in [2.05, 4.69) is 30.9 Å². The van der Waals surface area contributed by atoms with Crippen LogP contribution < -0.4 is 5.32 Å². The smallest absolute Gasteiger partial charge is 0.259 e. The van der Waals surface area contributed by atoms with Crippen molar-refractivity contribution in [3.63, 3.8) is 0 Å². The maximum Gasteiger partial charge on any atom is 0.259 e. The van der Waals surface area contributed by atoms with Crippen LogP contribution in [0.25, 0.3) is 5.00 Å². The first-order valence-electron chi connectivity index (χ1n) is 9.38. The van der Waals surface area contributed by atoms with Crippen LogP contribution in [0.5, 0.6) is 0 Å². The van der Waals surface area contributed by atoms with E-state index in [9.17, 15) is 4.79 Å². The molecule has 0 spiro atoms. The summed E-state index contributed by atoms with van der Waals surface area (Å²) in [6, 6.07) is 7.75. The van der Waals surface area contributed by atoms with E-state index in [0.29, 0.717) is 12.1 Å². The van der Waals surface area contributed by atoms with E-state index in [1.807, 2.05) is 24.3 Å². The number of carbonyl (C=O) groups excluding carboxylic acids is 1. The Balaban J connectivity index is 1.40. The Kier molecular flexibility index (Phi) is 4.60. The van der Waals surface area contributed by atoms with Gasteiger partial charge in [0.25, 0.3) is 5.91 Å². The van der Waals surface area contributed by atoms with E-state index in [1.54, 1.807) is 27.0 Å². The van der Waals surface area contributed by atoms with E-state index in [1.165, 1.54) is 17.5 Å². The Hall–Kier alpha value is -3.40. The van der Waals surface area contributed by atoms with Crippen LogP contribution in [0.1, 0.15) is 39.2 Å². The molecule has 0 saturated carbocycles. The summed E-state index contributed by atoms with van der Waals surface area (Å²) in [5, 5.41) is 19.4. The lowest BCUT2D eigenvalue weighted by molar-refractivity contribution is 0.102. The highest BCUT2D eigenvalue weighted by Crippen LogP contribution is 2.36. The van der Waals surface area contributed by atoms with Crippen molar-refractivity contribution in [3.8, 4) is 5.00 Å². The number of fused-ring (bicyclic) bond motifs is 1. The molecule has 3 aromatic heterocycles.